The molecule has 0 atom stereocenters. The number of nitrogens with zero attached hydrogens (tertiary/aromatic N) is 4. The second-order valence-electron chi connectivity index (χ2n) is 33.9. The summed E-state index contributed by atoms with van der Waals surface area (Å²) < 4.78 is 57.9. The molecular formula is C114H108N4+4. The minimum atomic E-state index is -2.11. The van der Waals surface area contributed by atoms with Crippen molar-refractivity contribution in [2.45, 2.75) is 114 Å². The Morgan fingerprint density at radius 3 is 0.966 bits per heavy atom. The van der Waals surface area contributed by atoms with E-state index in [0.717, 1.165) is 59.5 Å². The van der Waals surface area contributed by atoms with Crippen molar-refractivity contribution in [3.63, 3.8) is 0 Å². The third kappa shape index (κ3) is 15.0. The van der Waals surface area contributed by atoms with Crippen molar-refractivity contribution in [1.82, 2.24) is 0 Å². The van der Waals surface area contributed by atoms with Crippen molar-refractivity contribution >= 4 is 0 Å². The van der Waals surface area contributed by atoms with Crippen LogP contribution in [-0.4, -0.2) is 0 Å². The molecular weight excluding hydrogens is 1430 g/mol. The summed E-state index contributed by atoms with van der Waals surface area (Å²) in [7, 11) is 8.21. The molecule has 0 spiro atoms. The predicted octanol–water partition coefficient (Wildman–Crippen LogP) is 26.2. The Morgan fingerprint density at radius 1 is 0.314 bits per heavy atom. The van der Waals surface area contributed by atoms with Crippen LogP contribution in [0, 0.1) is 46.9 Å². The van der Waals surface area contributed by atoms with Crippen molar-refractivity contribution in [2.75, 3.05) is 0 Å². The summed E-state index contributed by atoms with van der Waals surface area (Å²) >= 11 is 0. The topological polar surface area (TPSA) is 15.5 Å². The van der Waals surface area contributed by atoms with Crippen molar-refractivity contribution in [2.24, 2.45) is 33.6 Å². The normalized spacial score (nSPS) is 13.2. The molecule has 20 rings (SSSR count). The molecule has 16 aromatic rings. The maximum Gasteiger partial charge on any atom is 0.212 e. The van der Waals surface area contributed by atoms with E-state index in [1.54, 1.807) is 12.3 Å². The van der Waals surface area contributed by atoms with Crippen LogP contribution in [0.25, 0.3) is 134 Å². The molecule has 4 heterocycles. The van der Waals surface area contributed by atoms with E-state index in [9.17, 15) is 0 Å². The minimum absolute atomic E-state index is 0.355. The number of hydrogen-bond donors (Lipinski definition) is 0. The lowest BCUT2D eigenvalue weighted by Gasteiger charge is -2.19. The molecule has 0 bridgehead atoms. The molecule has 0 unspecified atom stereocenters. The molecule has 0 saturated heterocycles. The van der Waals surface area contributed by atoms with Gasteiger partial charge in [0.1, 0.15) is 28.2 Å². The first-order valence-electron chi connectivity index (χ1n) is 44.6. The Bertz CT molecular complexity index is 6850. The van der Waals surface area contributed by atoms with E-state index in [4.69, 9.17) is 8.22 Å². The quantitative estimate of drug-likeness (QED) is 0.121. The maximum absolute atomic E-state index is 8.85. The van der Waals surface area contributed by atoms with E-state index in [1.165, 1.54) is 184 Å². The zero-order valence-electron chi connectivity index (χ0n) is 76.6. The highest BCUT2D eigenvalue weighted by Crippen LogP contribution is 2.52. The fourth-order valence-corrected chi connectivity index (χ4v) is 18.7. The van der Waals surface area contributed by atoms with E-state index >= 15 is 0 Å². The van der Waals surface area contributed by atoms with Crippen LogP contribution >= 0.6 is 0 Å². The highest BCUT2D eigenvalue weighted by Gasteiger charge is 2.34. The molecule has 12 aromatic carbocycles. The number of fused-ring (bicyclic) bond motifs is 12. The van der Waals surface area contributed by atoms with Crippen LogP contribution in [0.15, 0.2) is 316 Å². The molecule has 118 heavy (non-hydrogen) atoms. The first kappa shape index (κ1) is 70.6. The minimum Gasteiger partial charge on any atom is -0.201 e. The molecule has 0 aliphatic heterocycles. The van der Waals surface area contributed by atoms with Gasteiger partial charge < -0.3 is 0 Å². The molecule has 580 valence electrons. The zero-order valence-corrected chi connectivity index (χ0v) is 70.6. The molecule has 4 heteroatoms. The van der Waals surface area contributed by atoms with E-state index in [0.29, 0.717) is 5.56 Å². The number of hydrogen-bond acceptors (Lipinski definition) is 0. The van der Waals surface area contributed by atoms with Crippen LogP contribution in [0.5, 0.6) is 0 Å². The van der Waals surface area contributed by atoms with Gasteiger partial charge in [-0.25, -0.2) is 18.3 Å². The van der Waals surface area contributed by atoms with Crippen LogP contribution in [0.1, 0.15) is 138 Å². The fourth-order valence-electron chi connectivity index (χ4n) is 18.7. The highest BCUT2D eigenvalue weighted by atomic mass is 14.9. The summed E-state index contributed by atoms with van der Waals surface area (Å²) in [5, 5.41) is 0. The zero-order chi connectivity index (χ0) is 87.0. The standard InChI is InChI=1S/C31H32N.C29H28N.2C27H24N/c1-21-26(29-17-22(15-16-32(29)5)20-31(2,3)4)19-28(23-11-7-6-8-12-23)30-25-14-10-9-13-24(25)18-27(21)30;1-19(2)22-14-15-30(4)28(17-22)25-18-27(21-10-6-5-7-11-21)29-24-13-9-8-12-23(24)16-26(29)20(25)3;1-18-13-14-26(28(3)17-18)23-16-25(20-9-5-4-6-10-20)27-22-12-8-7-11-21(22)15-24(27)19(23)2;1-18-13-14-28(3)26(15-18)23-17-25(20-9-5-4-6-10-20)27-22-12-8-7-11-21(22)16-24(27)19(23)2/h6-17,19H,18,20H2,1-5H3;5-15,17-19H,16H2,1-4H3;4-14,16-17H,15H2,1-3H3;4-15,17H,16H2,1-3H3/q4*+1/i20D2;19D;1D3;. The molecule has 0 amide bonds. The Kier molecular flexibility index (Phi) is 19.4. The number of benzene rings is 12. The molecule has 4 aliphatic carbocycles. The average molecular weight is 1540 g/mol. The molecule has 0 fully saturated rings. The van der Waals surface area contributed by atoms with E-state index in [2.05, 4.69) is 349 Å². The SMILES string of the molecule is Cc1cc[n+](C)c(-c2cc(-c3ccccc3)c3c(c2C)Cc2ccccc2-3)c1.[2H]C(C)(C)c1cc[n+](C)c(-c2cc(-c3ccccc3)c3c(c2C)Cc2ccccc2-3)c1.[2H]C([2H])([2H])c1ccc(-c2cc(-c3ccccc3)c3c(c2C)Cc2ccccc2-3)[n+](C)c1.[2H]C([2H])(c1cc[n+](C)c(-c2cc(-c3ccccc3)c3c(c2C)Cc2ccccc2-3)c1)C(C)(C)C. The van der Waals surface area contributed by atoms with Gasteiger partial charge in [-0.15, -0.1) is 0 Å². The molecule has 0 saturated carbocycles. The van der Waals surface area contributed by atoms with E-state index < -0.39 is 24.5 Å². The number of rotatable bonds is 10. The van der Waals surface area contributed by atoms with Crippen molar-refractivity contribution in [3.05, 3.63) is 405 Å². The molecule has 0 N–H and O–H groups in total. The third-order valence-electron chi connectivity index (χ3n) is 24.8. The van der Waals surface area contributed by atoms with Crippen molar-refractivity contribution in [3.8, 4) is 134 Å². The predicted molar refractivity (Wildman–Crippen MR) is 493 cm³/mol. The van der Waals surface area contributed by atoms with Crippen molar-refractivity contribution < 1.29 is 26.5 Å². The van der Waals surface area contributed by atoms with Gasteiger partial charge >= 0.3 is 0 Å². The van der Waals surface area contributed by atoms with Crippen LogP contribution in [-0.2, 0) is 60.2 Å². The summed E-state index contributed by atoms with van der Waals surface area (Å²) in [6.45, 7) is 18.8. The Balaban J connectivity index is 0.000000117. The molecule has 4 nitrogen and oxygen atoms in total. The monoisotopic (exact) mass is 1540 g/mol. The van der Waals surface area contributed by atoms with Crippen LogP contribution in [0.4, 0.5) is 0 Å². The lowest BCUT2D eigenvalue weighted by molar-refractivity contribution is -0.660. The second-order valence-corrected chi connectivity index (χ2v) is 33.9. The lowest BCUT2D eigenvalue weighted by Crippen LogP contribution is -2.31. The smallest absolute Gasteiger partial charge is 0.201 e. The van der Waals surface area contributed by atoms with E-state index in [-0.39, 0.29) is 0 Å². The second kappa shape index (κ2) is 32.4. The molecule has 4 aromatic heterocycles. The van der Waals surface area contributed by atoms with Crippen LogP contribution in [0.3, 0.4) is 0 Å². The highest BCUT2D eigenvalue weighted by molar-refractivity contribution is 5.99. The van der Waals surface area contributed by atoms with Gasteiger partial charge in [-0.05, 0) is 288 Å². The summed E-state index contributed by atoms with van der Waals surface area (Å²) in [5.74, 6) is -0.633. The number of pyridine rings is 4. The van der Waals surface area contributed by atoms with E-state index in [1.807, 2.05) is 70.6 Å². The first-order chi connectivity index (χ1) is 59.4. The van der Waals surface area contributed by atoms with Gasteiger partial charge in [-0.3, -0.25) is 0 Å². The van der Waals surface area contributed by atoms with Crippen LogP contribution in [0.2, 0.25) is 0 Å². The summed E-state index contributed by atoms with van der Waals surface area (Å²) in [5.41, 5.74) is 49.6. The van der Waals surface area contributed by atoms with Gasteiger partial charge in [0.2, 0.25) is 22.8 Å². The Labute approximate surface area is 708 Å². The van der Waals surface area contributed by atoms with Gasteiger partial charge in [-0.2, -0.15) is 0 Å². The average Bonchev–Trinajstić information content (AvgIpc) is 1.73. The maximum atomic E-state index is 8.85. The van der Waals surface area contributed by atoms with Crippen LogP contribution < -0.4 is 18.3 Å². The summed E-state index contributed by atoms with van der Waals surface area (Å²) in [6, 6.07) is 103. The number of aryl methyl sites for hydroxylation is 6. The number of aromatic nitrogens is 4. The van der Waals surface area contributed by atoms with Gasteiger partial charge in [-0.1, -0.05) is 253 Å². The van der Waals surface area contributed by atoms with Gasteiger partial charge in [0.15, 0.2) is 24.8 Å². The van der Waals surface area contributed by atoms with Gasteiger partial charge in [0, 0.05) is 78.5 Å². The first-order valence-corrected chi connectivity index (χ1v) is 41.6. The third-order valence-corrected chi connectivity index (χ3v) is 24.8. The van der Waals surface area contributed by atoms with Gasteiger partial charge in [0.25, 0.3) is 0 Å². The summed E-state index contributed by atoms with van der Waals surface area (Å²) in [4.78, 5) is 0. The summed E-state index contributed by atoms with van der Waals surface area (Å²) in [6.07, 6.45) is 10.4. The Morgan fingerprint density at radius 2 is 0.627 bits per heavy atom. The lowest BCUT2D eigenvalue weighted by atomic mass is 9.86. The molecule has 0 radical (unpaired) electrons. The Hall–Kier alpha value is -12.8. The van der Waals surface area contributed by atoms with Gasteiger partial charge in [0.05, 0.1) is 0 Å². The molecule has 4 aliphatic rings. The fraction of sp³-hybridized carbons (Fsp3) is 0.193. The van der Waals surface area contributed by atoms with Crippen molar-refractivity contribution in [1.29, 1.82) is 0 Å². The largest absolute Gasteiger partial charge is 0.212 e.